The molecule has 2 aliphatic rings. The van der Waals surface area contributed by atoms with E-state index in [0.717, 1.165) is 0 Å². The van der Waals surface area contributed by atoms with Crippen LogP contribution in [0, 0.1) is 16.7 Å². The number of nitrogens with two attached hydrogens (primary N) is 2. The van der Waals surface area contributed by atoms with Crippen LogP contribution in [0.4, 0.5) is 5.69 Å². The Bertz CT molecular complexity index is 1500. The minimum absolute atomic E-state index is 0.0516. The lowest BCUT2D eigenvalue weighted by Gasteiger charge is -2.43. The Morgan fingerprint density at radius 2 is 1.76 bits per heavy atom. The van der Waals surface area contributed by atoms with Crippen LogP contribution in [0.25, 0.3) is 0 Å². The standard InChI is InChI=1S/C28H32N4O5S/c1-16(2)37-23-11-6-17(12-24(23)36-5)25-20(15-29)27(30)32(18-7-9-19(10-8-18)38(31,34)35)21-13-28(3,4)14-22(33)26(21)25/h6-12,16,25H,13-14,30H2,1-5H3,(H2,31,34,35). The van der Waals surface area contributed by atoms with Gasteiger partial charge in [0.1, 0.15) is 5.82 Å². The molecule has 0 amide bonds. The summed E-state index contributed by atoms with van der Waals surface area (Å²) in [5, 5.41) is 15.6. The van der Waals surface area contributed by atoms with Crippen molar-refractivity contribution in [2.45, 2.75) is 57.5 Å². The largest absolute Gasteiger partial charge is 0.493 e. The molecule has 4 rings (SSSR count). The molecule has 1 aliphatic carbocycles. The van der Waals surface area contributed by atoms with Crippen LogP contribution in [0.15, 0.2) is 70.0 Å². The monoisotopic (exact) mass is 536 g/mol. The molecule has 0 bridgehead atoms. The average Bonchev–Trinajstić information content (AvgIpc) is 2.82. The van der Waals surface area contributed by atoms with Crippen molar-refractivity contribution in [3.63, 3.8) is 0 Å². The number of rotatable bonds is 6. The second-order valence-electron chi connectivity index (χ2n) is 10.6. The molecule has 200 valence electrons. The predicted molar refractivity (Wildman–Crippen MR) is 144 cm³/mol. The van der Waals surface area contributed by atoms with E-state index in [1.807, 2.05) is 33.8 Å². The molecule has 0 fully saturated rings. The van der Waals surface area contributed by atoms with Gasteiger partial charge in [0.05, 0.1) is 35.7 Å². The number of ether oxygens (including phenoxy) is 2. The van der Waals surface area contributed by atoms with Gasteiger partial charge in [0, 0.05) is 23.4 Å². The topological polar surface area (TPSA) is 149 Å². The minimum Gasteiger partial charge on any atom is -0.493 e. The fourth-order valence-electron chi connectivity index (χ4n) is 5.14. The predicted octanol–water partition coefficient (Wildman–Crippen LogP) is 4.07. The Hall–Kier alpha value is -3.81. The third kappa shape index (κ3) is 4.99. The van der Waals surface area contributed by atoms with E-state index in [1.165, 1.54) is 19.2 Å². The quantitative estimate of drug-likeness (QED) is 0.561. The van der Waals surface area contributed by atoms with Crippen molar-refractivity contribution in [3.8, 4) is 17.6 Å². The van der Waals surface area contributed by atoms with Crippen LogP contribution in [0.5, 0.6) is 11.5 Å². The number of Topliss-reactive ketones (excluding diaryl/α,β-unsaturated/α-hetero) is 1. The summed E-state index contributed by atoms with van der Waals surface area (Å²) < 4.78 is 35.0. The number of carbonyl (C=O) groups excluding carboxylic acids is 1. The second kappa shape index (κ2) is 9.82. The van der Waals surface area contributed by atoms with Gasteiger partial charge in [-0.2, -0.15) is 5.26 Å². The first-order valence-corrected chi connectivity index (χ1v) is 13.8. The Morgan fingerprint density at radius 1 is 1.11 bits per heavy atom. The van der Waals surface area contributed by atoms with E-state index in [0.29, 0.717) is 46.9 Å². The van der Waals surface area contributed by atoms with Gasteiger partial charge >= 0.3 is 0 Å². The van der Waals surface area contributed by atoms with Crippen LogP contribution in [0.3, 0.4) is 0 Å². The molecule has 1 unspecified atom stereocenters. The van der Waals surface area contributed by atoms with Crippen molar-refractivity contribution < 1.29 is 22.7 Å². The molecule has 1 aliphatic heterocycles. The average molecular weight is 537 g/mol. The maximum atomic E-state index is 13.7. The van der Waals surface area contributed by atoms with Crippen molar-refractivity contribution >= 4 is 21.5 Å². The van der Waals surface area contributed by atoms with Gasteiger partial charge in [-0.25, -0.2) is 13.6 Å². The molecule has 1 atom stereocenters. The van der Waals surface area contributed by atoms with Crippen molar-refractivity contribution in [1.29, 1.82) is 5.26 Å². The van der Waals surface area contributed by atoms with Crippen molar-refractivity contribution in [2.75, 3.05) is 12.0 Å². The zero-order chi connectivity index (χ0) is 28.0. The molecule has 2 aromatic carbocycles. The molecule has 38 heavy (non-hydrogen) atoms. The highest BCUT2D eigenvalue weighted by Crippen LogP contribution is 2.51. The maximum Gasteiger partial charge on any atom is 0.238 e. The number of hydrogen-bond acceptors (Lipinski definition) is 8. The number of anilines is 1. The maximum absolute atomic E-state index is 13.7. The molecule has 4 N–H and O–H groups in total. The number of sulfonamides is 1. The van der Waals surface area contributed by atoms with Crippen LogP contribution < -0.4 is 25.2 Å². The van der Waals surface area contributed by atoms with Crippen LogP contribution in [0.2, 0.25) is 0 Å². The lowest BCUT2D eigenvalue weighted by molar-refractivity contribution is -0.118. The molecule has 0 aromatic heterocycles. The summed E-state index contributed by atoms with van der Waals surface area (Å²) in [6, 6.07) is 13.5. The first kappa shape index (κ1) is 27.2. The Morgan fingerprint density at radius 3 is 2.32 bits per heavy atom. The van der Waals surface area contributed by atoms with Crippen LogP contribution in [-0.2, 0) is 14.8 Å². The number of nitrogens with zero attached hydrogens (tertiary/aromatic N) is 2. The molecule has 0 spiro atoms. The molecule has 0 saturated carbocycles. The normalized spacial score (nSPS) is 19.4. The van der Waals surface area contributed by atoms with Gasteiger partial charge in [0.15, 0.2) is 17.3 Å². The van der Waals surface area contributed by atoms with E-state index in [-0.39, 0.29) is 33.6 Å². The van der Waals surface area contributed by atoms with Crippen LogP contribution in [-0.4, -0.2) is 27.4 Å². The van der Waals surface area contributed by atoms with E-state index in [4.69, 9.17) is 20.3 Å². The fourth-order valence-corrected chi connectivity index (χ4v) is 5.65. The Labute approximate surface area is 223 Å². The molecule has 0 saturated heterocycles. The molecule has 2 aromatic rings. The molecule has 1 heterocycles. The highest BCUT2D eigenvalue weighted by atomic mass is 32.2. The number of ketones is 1. The van der Waals surface area contributed by atoms with E-state index in [9.17, 15) is 18.5 Å². The van der Waals surface area contributed by atoms with Gasteiger partial charge in [-0.05, 0) is 67.6 Å². The molecule has 10 heteroatoms. The highest BCUT2D eigenvalue weighted by Gasteiger charge is 2.44. The van der Waals surface area contributed by atoms with Crippen LogP contribution >= 0.6 is 0 Å². The van der Waals surface area contributed by atoms with Gasteiger partial charge < -0.3 is 15.2 Å². The van der Waals surface area contributed by atoms with E-state index in [1.54, 1.807) is 29.2 Å². The third-order valence-electron chi connectivity index (χ3n) is 6.69. The SMILES string of the molecule is COc1cc(C2C(C#N)=C(N)N(c3ccc(S(N)(=O)=O)cc3)C3=C2C(=O)CC(C)(C)C3)ccc1OC(C)C. The lowest BCUT2D eigenvalue weighted by atomic mass is 9.68. The number of nitriles is 1. The van der Waals surface area contributed by atoms with Crippen molar-refractivity contribution in [2.24, 2.45) is 16.3 Å². The summed E-state index contributed by atoms with van der Waals surface area (Å²) in [4.78, 5) is 15.3. The number of benzene rings is 2. The molecular weight excluding hydrogens is 504 g/mol. The number of allylic oxidation sites excluding steroid dienone is 3. The summed E-state index contributed by atoms with van der Waals surface area (Å²) in [6.45, 7) is 7.84. The van der Waals surface area contributed by atoms with Crippen LogP contribution in [0.1, 0.15) is 52.0 Å². The van der Waals surface area contributed by atoms with Gasteiger partial charge in [0.2, 0.25) is 10.0 Å². The van der Waals surface area contributed by atoms with E-state index < -0.39 is 15.9 Å². The summed E-state index contributed by atoms with van der Waals surface area (Å²) >= 11 is 0. The number of hydrogen-bond donors (Lipinski definition) is 2. The summed E-state index contributed by atoms with van der Waals surface area (Å²) in [7, 11) is -2.36. The summed E-state index contributed by atoms with van der Waals surface area (Å²) in [5.74, 6) is 0.444. The zero-order valence-corrected chi connectivity index (χ0v) is 22.9. The van der Waals surface area contributed by atoms with Gasteiger partial charge in [-0.1, -0.05) is 19.9 Å². The molecule has 9 nitrogen and oxygen atoms in total. The zero-order valence-electron chi connectivity index (χ0n) is 22.1. The van der Waals surface area contributed by atoms with E-state index >= 15 is 0 Å². The lowest BCUT2D eigenvalue weighted by Crippen LogP contribution is -2.42. The third-order valence-corrected chi connectivity index (χ3v) is 7.62. The Kier molecular flexibility index (Phi) is 7.03. The van der Waals surface area contributed by atoms with Crippen molar-refractivity contribution in [3.05, 3.63) is 70.7 Å². The second-order valence-corrected chi connectivity index (χ2v) is 12.2. The van der Waals surface area contributed by atoms with E-state index in [2.05, 4.69) is 6.07 Å². The van der Waals surface area contributed by atoms with Crippen molar-refractivity contribution in [1.82, 2.24) is 0 Å². The fraction of sp³-hybridized carbons (Fsp3) is 0.357. The summed E-state index contributed by atoms with van der Waals surface area (Å²) in [6.07, 6.45) is 0.762. The molecular formula is C28H32N4O5S. The Balaban J connectivity index is 1.94. The van der Waals surface area contributed by atoms with Gasteiger partial charge in [-0.15, -0.1) is 0 Å². The van der Waals surface area contributed by atoms with Gasteiger partial charge in [0.25, 0.3) is 0 Å². The van der Waals surface area contributed by atoms with Gasteiger partial charge in [-0.3, -0.25) is 9.69 Å². The molecule has 0 radical (unpaired) electrons. The first-order chi connectivity index (χ1) is 17.8. The summed E-state index contributed by atoms with van der Waals surface area (Å²) in [5.41, 5.74) is 8.90. The smallest absolute Gasteiger partial charge is 0.238 e. The first-order valence-electron chi connectivity index (χ1n) is 12.2. The number of carbonyl (C=O) groups is 1. The highest BCUT2D eigenvalue weighted by molar-refractivity contribution is 7.89. The number of methoxy groups -OCH3 is 1. The number of primary sulfonamides is 1. The minimum atomic E-state index is -3.90.